The lowest BCUT2D eigenvalue weighted by atomic mass is 10.2. The summed E-state index contributed by atoms with van der Waals surface area (Å²) in [5.41, 5.74) is 1.75. The molecule has 1 aromatic heterocycles. The number of anilines is 1. The Hall–Kier alpha value is -2.28. The number of amides is 1. The SMILES string of the molecule is O=C(Nc1ccc(Cl)c(Cl)c1)c1nc(-c2ccc(Cl)cc2)n(-c2ccc(Cl)c(Cl)c2)n1. The molecule has 5 nitrogen and oxygen atoms in total. The number of benzene rings is 3. The Morgan fingerprint density at radius 2 is 1.42 bits per heavy atom. The van der Waals surface area contributed by atoms with Gasteiger partial charge in [0, 0.05) is 16.3 Å². The van der Waals surface area contributed by atoms with E-state index < -0.39 is 5.91 Å². The van der Waals surface area contributed by atoms with E-state index in [4.69, 9.17) is 58.0 Å². The van der Waals surface area contributed by atoms with E-state index in [2.05, 4.69) is 15.4 Å². The summed E-state index contributed by atoms with van der Waals surface area (Å²) in [7, 11) is 0. The fourth-order valence-corrected chi connectivity index (χ4v) is 3.47. The maximum Gasteiger partial charge on any atom is 0.295 e. The van der Waals surface area contributed by atoms with Crippen LogP contribution in [0.3, 0.4) is 0 Å². The second kappa shape index (κ2) is 9.07. The van der Waals surface area contributed by atoms with Crippen LogP contribution in [-0.4, -0.2) is 20.7 Å². The van der Waals surface area contributed by atoms with Crippen molar-refractivity contribution < 1.29 is 4.79 Å². The van der Waals surface area contributed by atoms with Crippen LogP contribution in [-0.2, 0) is 0 Å². The fraction of sp³-hybridized carbons (Fsp3) is 0. The van der Waals surface area contributed by atoms with Gasteiger partial charge in [0.15, 0.2) is 5.82 Å². The summed E-state index contributed by atoms with van der Waals surface area (Å²) in [5, 5.41) is 9.11. The molecule has 0 fully saturated rings. The zero-order valence-corrected chi connectivity index (χ0v) is 19.2. The monoisotopic (exact) mass is 510 g/mol. The van der Waals surface area contributed by atoms with Crippen LogP contribution in [0.1, 0.15) is 10.6 Å². The first-order valence-electron chi connectivity index (χ1n) is 8.76. The van der Waals surface area contributed by atoms with E-state index in [1.807, 2.05) is 0 Å². The summed E-state index contributed by atoms with van der Waals surface area (Å²) in [6.45, 7) is 0. The maximum atomic E-state index is 12.8. The molecule has 0 aliphatic heterocycles. The Morgan fingerprint density at radius 1 is 0.774 bits per heavy atom. The summed E-state index contributed by atoms with van der Waals surface area (Å²) >= 11 is 30.2. The minimum absolute atomic E-state index is 0.0536. The topological polar surface area (TPSA) is 59.8 Å². The quantitative estimate of drug-likeness (QED) is 0.309. The Bertz CT molecular complexity index is 1290. The molecule has 0 saturated carbocycles. The molecule has 0 aliphatic carbocycles. The third-order valence-corrected chi connectivity index (χ3v) is 5.97. The van der Waals surface area contributed by atoms with Crippen molar-refractivity contribution in [1.82, 2.24) is 14.8 Å². The minimum Gasteiger partial charge on any atom is -0.319 e. The minimum atomic E-state index is -0.521. The number of carbonyl (C=O) groups is 1. The molecule has 1 N–H and O–H groups in total. The Labute approximate surface area is 202 Å². The van der Waals surface area contributed by atoms with Crippen molar-refractivity contribution in [3.05, 3.63) is 91.6 Å². The van der Waals surface area contributed by atoms with Gasteiger partial charge in [-0.1, -0.05) is 58.0 Å². The summed E-state index contributed by atoms with van der Waals surface area (Å²) in [4.78, 5) is 17.3. The molecule has 0 radical (unpaired) electrons. The average molecular weight is 513 g/mol. The zero-order valence-electron chi connectivity index (χ0n) is 15.4. The van der Waals surface area contributed by atoms with Gasteiger partial charge in [0.2, 0.25) is 5.82 Å². The number of aromatic nitrogens is 3. The van der Waals surface area contributed by atoms with Gasteiger partial charge in [0.05, 0.1) is 25.8 Å². The Balaban J connectivity index is 1.76. The molecule has 0 aliphatic rings. The van der Waals surface area contributed by atoms with Crippen molar-refractivity contribution in [2.24, 2.45) is 0 Å². The van der Waals surface area contributed by atoms with Gasteiger partial charge in [-0.05, 0) is 60.7 Å². The summed E-state index contributed by atoms with van der Waals surface area (Å²) in [5.74, 6) is -0.149. The van der Waals surface area contributed by atoms with Crippen LogP contribution in [0.15, 0.2) is 60.7 Å². The van der Waals surface area contributed by atoms with Crippen molar-refractivity contribution >= 4 is 69.6 Å². The van der Waals surface area contributed by atoms with Gasteiger partial charge in [-0.2, -0.15) is 0 Å². The highest BCUT2D eigenvalue weighted by Gasteiger charge is 2.20. The number of hydrogen-bond donors (Lipinski definition) is 1. The lowest BCUT2D eigenvalue weighted by molar-refractivity contribution is 0.101. The highest BCUT2D eigenvalue weighted by molar-refractivity contribution is 6.42. The predicted octanol–water partition coefficient (Wildman–Crippen LogP) is 7.45. The van der Waals surface area contributed by atoms with E-state index in [-0.39, 0.29) is 5.82 Å². The molecule has 0 bridgehead atoms. The molecule has 3 aromatic carbocycles. The van der Waals surface area contributed by atoms with Crippen LogP contribution in [0.4, 0.5) is 5.69 Å². The van der Waals surface area contributed by atoms with E-state index in [9.17, 15) is 4.79 Å². The number of rotatable bonds is 4. The van der Waals surface area contributed by atoms with E-state index in [1.54, 1.807) is 54.6 Å². The smallest absolute Gasteiger partial charge is 0.295 e. The molecule has 1 heterocycles. The fourth-order valence-electron chi connectivity index (χ4n) is 2.75. The standard InChI is InChI=1S/C21H11Cl5N4O/c22-12-3-1-11(2-4-12)20-28-19(21(31)27-13-5-7-15(23)17(25)9-13)29-30(20)14-6-8-16(24)18(26)10-14/h1-10H,(H,27,31). The van der Waals surface area contributed by atoms with Gasteiger partial charge in [-0.25, -0.2) is 9.67 Å². The third kappa shape index (κ3) is 4.81. The van der Waals surface area contributed by atoms with Crippen LogP contribution in [0.2, 0.25) is 25.1 Å². The second-order valence-corrected chi connectivity index (χ2v) is 8.42. The van der Waals surface area contributed by atoms with E-state index in [0.717, 1.165) is 0 Å². The highest BCUT2D eigenvalue weighted by atomic mass is 35.5. The number of halogens is 5. The molecule has 0 saturated heterocycles. The Kier molecular flexibility index (Phi) is 6.42. The van der Waals surface area contributed by atoms with E-state index >= 15 is 0 Å². The number of nitrogens with one attached hydrogen (secondary N) is 1. The van der Waals surface area contributed by atoms with Crippen LogP contribution in [0.5, 0.6) is 0 Å². The summed E-state index contributed by atoms with van der Waals surface area (Å²) < 4.78 is 1.51. The van der Waals surface area contributed by atoms with Crippen molar-refractivity contribution in [3.63, 3.8) is 0 Å². The number of nitrogens with zero attached hydrogens (tertiary/aromatic N) is 3. The van der Waals surface area contributed by atoms with Gasteiger partial charge in [-0.3, -0.25) is 4.79 Å². The second-order valence-electron chi connectivity index (χ2n) is 6.36. The lowest BCUT2D eigenvalue weighted by Crippen LogP contribution is -2.14. The van der Waals surface area contributed by atoms with Gasteiger partial charge in [0.25, 0.3) is 5.91 Å². The highest BCUT2D eigenvalue weighted by Crippen LogP contribution is 2.29. The van der Waals surface area contributed by atoms with Gasteiger partial charge in [0.1, 0.15) is 0 Å². The van der Waals surface area contributed by atoms with Crippen LogP contribution in [0, 0.1) is 0 Å². The zero-order chi connectivity index (χ0) is 22.1. The van der Waals surface area contributed by atoms with Crippen LogP contribution < -0.4 is 5.32 Å². The van der Waals surface area contributed by atoms with E-state index in [0.29, 0.717) is 47.9 Å². The number of carbonyl (C=O) groups excluding carboxylic acids is 1. The predicted molar refractivity (Wildman–Crippen MR) is 126 cm³/mol. The van der Waals surface area contributed by atoms with Crippen molar-refractivity contribution in [3.8, 4) is 17.1 Å². The van der Waals surface area contributed by atoms with E-state index in [1.165, 1.54) is 10.7 Å². The molecule has 0 unspecified atom stereocenters. The van der Waals surface area contributed by atoms with Crippen LogP contribution in [0.25, 0.3) is 17.1 Å². The first kappa shape index (κ1) is 21.9. The first-order valence-corrected chi connectivity index (χ1v) is 10.7. The van der Waals surface area contributed by atoms with Crippen LogP contribution >= 0.6 is 58.0 Å². The van der Waals surface area contributed by atoms with Gasteiger partial charge in [-0.15, -0.1) is 5.10 Å². The molecule has 31 heavy (non-hydrogen) atoms. The van der Waals surface area contributed by atoms with Crippen molar-refractivity contribution in [2.45, 2.75) is 0 Å². The maximum absolute atomic E-state index is 12.8. The molecular weight excluding hydrogens is 502 g/mol. The average Bonchev–Trinajstić information content (AvgIpc) is 3.19. The molecule has 0 atom stereocenters. The van der Waals surface area contributed by atoms with Crippen molar-refractivity contribution in [1.29, 1.82) is 0 Å². The number of hydrogen-bond acceptors (Lipinski definition) is 3. The lowest BCUT2D eigenvalue weighted by Gasteiger charge is -2.07. The first-order chi connectivity index (χ1) is 14.8. The van der Waals surface area contributed by atoms with Gasteiger partial charge < -0.3 is 5.32 Å². The largest absolute Gasteiger partial charge is 0.319 e. The molecule has 156 valence electrons. The molecule has 10 heteroatoms. The molecule has 4 aromatic rings. The molecule has 0 spiro atoms. The third-order valence-electron chi connectivity index (χ3n) is 4.24. The molecule has 4 rings (SSSR count). The summed E-state index contributed by atoms with van der Waals surface area (Å²) in [6.07, 6.45) is 0. The molecular formula is C21H11Cl5N4O. The van der Waals surface area contributed by atoms with Gasteiger partial charge >= 0.3 is 0 Å². The normalized spacial score (nSPS) is 10.9. The molecule has 1 amide bonds. The summed E-state index contributed by atoms with van der Waals surface area (Å²) in [6, 6.07) is 16.8. The Morgan fingerprint density at radius 3 is 2.06 bits per heavy atom. The van der Waals surface area contributed by atoms with Crippen molar-refractivity contribution in [2.75, 3.05) is 5.32 Å².